The Labute approximate surface area is 201 Å². The van der Waals surface area contributed by atoms with E-state index >= 15 is 0 Å². The third kappa shape index (κ3) is 5.00. The Balaban J connectivity index is 1.49. The van der Waals surface area contributed by atoms with Crippen molar-refractivity contribution in [3.63, 3.8) is 0 Å². The summed E-state index contributed by atoms with van der Waals surface area (Å²) in [6, 6.07) is 2.65. The standard InChI is InChI=1S/C22H18F5N9/c1-28-20(5-6-20)15-8-12(3-7-30-15)31-18-34-17(14-10-29-11-16(33-14)22(25,26)27)35-19(36-18)32-13-2-4-21(23,24)9-13/h3,7-8,10-11,13H,2,4-6,9H2,(H2,30,31,32,34,35,36)/t13-/m0/s1. The molecule has 0 spiro atoms. The number of anilines is 3. The average molecular weight is 503 g/mol. The predicted octanol–water partition coefficient (Wildman–Crippen LogP) is 4.99. The van der Waals surface area contributed by atoms with Crippen LogP contribution in [0, 0.1) is 6.57 Å². The maximum atomic E-state index is 13.7. The first kappa shape index (κ1) is 23.7. The van der Waals surface area contributed by atoms with Crippen molar-refractivity contribution in [2.75, 3.05) is 10.6 Å². The lowest BCUT2D eigenvalue weighted by Crippen LogP contribution is -2.21. The topological polar surface area (TPSA) is 106 Å². The second-order valence-electron chi connectivity index (χ2n) is 8.73. The molecule has 0 radical (unpaired) electrons. The van der Waals surface area contributed by atoms with Gasteiger partial charge in [-0.05, 0) is 18.6 Å². The highest BCUT2D eigenvalue weighted by Crippen LogP contribution is 2.49. The largest absolute Gasteiger partial charge is 0.434 e. The van der Waals surface area contributed by atoms with Crippen LogP contribution in [0.15, 0.2) is 30.7 Å². The molecule has 0 amide bonds. The Bertz CT molecular complexity index is 1330. The Morgan fingerprint density at radius 1 is 1.03 bits per heavy atom. The molecule has 3 heterocycles. The van der Waals surface area contributed by atoms with E-state index in [1.54, 1.807) is 12.1 Å². The van der Waals surface area contributed by atoms with E-state index in [1.165, 1.54) is 6.20 Å². The summed E-state index contributed by atoms with van der Waals surface area (Å²) in [5, 5.41) is 5.77. The molecular formula is C22H18F5N9. The first-order valence-corrected chi connectivity index (χ1v) is 11.0. The molecule has 0 aliphatic heterocycles. The number of rotatable bonds is 6. The summed E-state index contributed by atoms with van der Waals surface area (Å²) in [4.78, 5) is 27.6. The van der Waals surface area contributed by atoms with Crippen molar-refractivity contribution in [2.45, 2.75) is 55.8 Å². The minimum absolute atomic E-state index is 0.0590. The van der Waals surface area contributed by atoms with Gasteiger partial charge < -0.3 is 15.5 Å². The predicted molar refractivity (Wildman–Crippen MR) is 117 cm³/mol. The molecule has 0 unspecified atom stereocenters. The number of halogens is 5. The Morgan fingerprint density at radius 2 is 1.81 bits per heavy atom. The minimum atomic E-state index is -4.73. The molecule has 0 saturated heterocycles. The molecule has 186 valence electrons. The van der Waals surface area contributed by atoms with Crippen LogP contribution in [0.25, 0.3) is 16.4 Å². The van der Waals surface area contributed by atoms with Gasteiger partial charge in [-0.1, -0.05) is 0 Å². The third-order valence-electron chi connectivity index (χ3n) is 5.96. The van der Waals surface area contributed by atoms with Crippen LogP contribution in [-0.2, 0) is 11.7 Å². The Hall–Kier alpha value is -4.02. The van der Waals surface area contributed by atoms with E-state index in [-0.39, 0.29) is 36.3 Å². The molecule has 14 heteroatoms. The summed E-state index contributed by atoms with van der Waals surface area (Å²) in [5.41, 5.74) is -1.09. The van der Waals surface area contributed by atoms with E-state index in [1.807, 2.05) is 0 Å². The van der Waals surface area contributed by atoms with Crippen molar-refractivity contribution in [1.29, 1.82) is 0 Å². The summed E-state index contributed by atoms with van der Waals surface area (Å²) in [7, 11) is 0. The van der Waals surface area contributed by atoms with E-state index in [2.05, 4.69) is 45.4 Å². The molecular weight excluding hydrogens is 485 g/mol. The lowest BCUT2D eigenvalue weighted by molar-refractivity contribution is -0.141. The molecule has 0 bridgehead atoms. The molecule has 9 nitrogen and oxygen atoms in total. The van der Waals surface area contributed by atoms with E-state index in [9.17, 15) is 22.0 Å². The molecule has 2 fully saturated rings. The number of pyridine rings is 1. The van der Waals surface area contributed by atoms with Gasteiger partial charge in [0.05, 0.1) is 12.4 Å². The van der Waals surface area contributed by atoms with Crippen LogP contribution in [0.3, 0.4) is 0 Å². The molecule has 2 N–H and O–H groups in total. The van der Waals surface area contributed by atoms with Crippen molar-refractivity contribution >= 4 is 17.6 Å². The first-order chi connectivity index (χ1) is 17.1. The number of nitrogens with one attached hydrogen (secondary N) is 2. The summed E-state index contributed by atoms with van der Waals surface area (Å²) in [6.07, 6.45) is -0.735. The van der Waals surface area contributed by atoms with E-state index in [0.717, 1.165) is 6.20 Å². The average Bonchev–Trinajstić information content (AvgIpc) is 3.56. The lowest BCUT2D eigenvalue weighted by Gasteiger charge is -2.15. The van der Waals surface area contributed by atoms with Gasteiger partial charge in [0.1, 0.15) is 11.4 Å². The molecule has 3 aromatic rings. The Kier molecular flexibility index (Phi) is 5.65. The van der Waals surface area contributed by atoms with Crippen LogP contribution in [0.4, 0.5) is 39.5 Å². The zero-order valence-corrected chi connectivity index (χ0v) is 18.5. The number of aromatic nitrogens is 6. The van der Waals surface area contributed by atoms with Crippen molar-refractivity contribution in [1.82, 2.24) is 29.9 Å². The minimum Gasteiger partial charge on any atom is -0.351 e. The molecule has 2 saturated carbocycles. The number of nitrogens with zero attached hydrogens (tertiary/aromatic N) is 7. The summed E-state index contributed by atoms with van der Waals surface area (Å²) in [5.74, 6) is -3.21. The van der Waals surface area contributed by atoms with Crippen molar-refractivity contribution in [3.8, 4) is 11.5 Å². The molecule has 0 aromatic carbocycles. The maximum Gasteiger partial charge on any atom is 0.434 e. The van der Waals surface area contributed by atoms with Crippen LogP contribution >= 0.6 is 0 Å². The highest BCUT2D eigenvalue weighted by Gasteiger charge is 2.54. The van der Waals surface area contributed by atoms with Crippen molar-refractivity contribution in [3.05, 3.63) is 53.5 Å². The summed E-state index contributed by atoms with van der Waals surface area (Å²) < 4.78 is 66.8. The van der Waals surface area contributed by atoms with Crippen LogP contribution in [0.1, 0.15) is 43.5 Å². The van der Waals surface area contributed by atoms with Gasteiger partial charge in [0.2, 0.25) is 17.8 Å². The van der Waals surface area contributed by atoms with Gasteiger partial charge in [0.15, 0.2) is 11.5 Å². The third-order valence-corrected chi connectivity index (χ3v) is 5.96. The molecule has 3 aromatic heterocycles. The van der Waals surface area contributed by atoms with Gasteiger partial charge in [-0.2, -0.15) is 28.1 Å². The second kappa shape index (κ2) is 8.58. The molecule has 2 aliphatic rings. The zero-order valence-electron chi connectivity index (χ0n) is 18.5. The SMILES string of the molecule is [C-]#[N+]C1(c2cc(Nc3nc(N[C@H]4CCC(F)(F)C4)nc(-c4cncc(C(F)(F)F)n4)n3)ccn2)CC1. The normalized spacial score (nSPS) is 19.9. The van der Waals surface area contributed by atoms with Crippen LogP contribution in [0.5, 0.6) is 0 Å². The fraction of sp³-hybridized carbons (Fsp3) is 0.409. The maximum absolute atomic E-state index is 13.7. The number of hydrogen-bond donors (Lipinski definition) is 2. The summed E-state index contributed by atoms with van der Waals surface area (Å²) >= 11 is 0. The molecule has 1 atom stereocenters. The Morgan fingerprint density at radius 3 is 2.47 bits per heavy atom. The van der Waals surface area contributed by atoms with Crippen molar-refractivity contribution in [2.24, 2.45) is 0 Å². The molecule has 5 rings (SSSR count). The van der Waals surface area contributed by atoms with Gasteiger partial charge in [-0.15, -0.1) is 0 Å². The van der Waals surface area contributed by atoms with Gasteiger partial charge >= 0.3 is 6.18 Å². The molecule has 2 aliphatic carbocycles. The highest BCUT2D eigenvalue weighted by molar-refractivity contribution is 5.59. The second-order valence-corrected chi connectivity index (χ2v) is 8.73. The fourth-order valence-electron chi connectivity index (χ4n) is 3.91. The fourth-order valence-corrected chi connectivity index (χ4v) is 3.91. The van der Waals surface area contributed by atoms with Crippen LogP contribution in [0.2, 0.25) is 0 Å². The van der Waals surface area contributed by atoms with Gasteiger partial charge in [-0.25, -0.2) is 20.3 Å². The monoisotopic (exact) mass is 503 g/mol. The number of hydrogen-bond acceptors (Lipinski definition) is 8. The smallest absolute Gasteiger partial charge is 0.351 e. The van der Waals surface area contributed by atoms with Crippen molar-refractivity contribution < 1.29 is 22.0 Å². The number of alkyl halides is 5. The first-order valence-electron chi connectivity index (χ1n) is 11.0. The highest BCUT2D eigenvalue weighted by atomic mass is 19.4. The molecule has 36 heavy (non-hydrogen) atoms. The van der Waals surface area contributed by atoms with E-state index in [4.69, 9.17) is 6.57 Å². The van der Waals surface area contributed by atoms with Crippen LogP contribution < -0.4 is 10.6 Å². The van der Waals surface area contributed by atoms with Gasteiger partial charge in [0, 0.05) is 43.6 Å². The van der Waals surface area contributed by atoms with E-state index in [0.29, 0.717) is 30.4 Å². The quantitative estimate of drug-likeness (QED) is 0.358. The van der Waals surface area contributed by atoms with Gasteiger partial charge in [0.25, 0.3) is 5.54 Å². The van der Waals surface area contributed by atoms with E-state index < -0.39 is 35.8 Å². The summed E-state index contributed by atoms with van der Waals surface area (Å²) in [6.45, 7) is 7.42. The van der Waals surface area contributed by atoms with Gasteiger partial charge in [-0.3, -0.25) is 9.97 Å². The lowest BCUT2D eigenvalue weighted by atomic mass is 10.1. The zero-order chi connectivity index (χ0) is 25.6. The van der Waals surface area contributed by atoms with Crippen LogP contribution in [-0.4, -0.2) is 41.9 Å².